The number of aryl methyl sites for hydroxylation is 1. The molecule has 0 amide bonds. The van der Waals surface area contributed by atoms with Crippen molar-refractivity contribution in [2.45, 2.75) is 134 Å². The Morgan fingerprint density at radius 1 is 0.548 bits per heavy atom. The van der Waals surface area contributed by atoms with E-state index in [1.165, 1.54) is 139 Å². The second-order valence-electron chi connectivity index (χ2n) is 22.0. The summed E-state index contributed by atoms with van der Waals surface area (Å²) in [7, 11) is 0. The van der Waals surface area contributed by atoms with Gasteiger partial charge in [0.15, 0.2) is 0 Å². The normalized spacial score (nSPS) is 26.6. The zero-order chi connectivity index (χ0) is 42.3. The van der Waals surface area contributed by atoms with Crippen LogP contribution in [-0.4, -0.2) is 17.8 Å². The van der Waals surface area contributed by atoms with Crippen LogP contribution in [0.2, 0.25) is 0 Å². The third-order valence-corrected chi connectivity index (χ3v) is 19.1. The summed E-state index contributed by atoms with van der Waals surface area (Å²) < 4.78 is 2.70. The number of hydrogen-bond donors (Lipinski definition) is 0. The maximum atomic E-state index is 2.86. The summed E-state index contributed by atoms with van der Waals surface area (Å²) in [6, 6.07) is 43.8. The van der Waals surface area contributed by atoms with Crippen LogP contribution in [0.4, 0.5) is 39.8 Å². The van der Waals surface area contributed by atoms with Crippen LogP contribution in [0, 0.1) is 6.92 Å². The lowest BCUT2D eigenvalue weighted by Crippen LogP contribution is -2.64. The van der Waals surface area contributed by atoms with E-state index >= 15 is 0 Å². The van der Waals surface area contributed by atoms with Crippen LogP contribution in [0.3, 0.4) is 0 Å². The van der Waals surface area contributed by atoms with Crippen molar-refractivity contribution in [3.8, 4) is 0 Å². The van der Waals surface area contributed by atoms with Crippen molar-refractivity contribution >= 4 is 94.4 Å². The number of anilines is 7. The molecule has 7 aromatic rings. The molecule has 2 saturated carbocycles. The van der Waals surface area contributed by atoms with Crippen molar-refractivity contribution in [2.75, 3.05) is 14.7 Å². The van der Waals surface area contributed by atoms with Gasteiger partial charge < -0.3 is 14.7 Å². The minimum atomic E-state index is -0.0394. The van der Waals surface area contributed by atoms with Gasteiger partial charge in [0.25, 0.3) is 6.71 Å². The van der Waals surface area contributed by atoms with Crippen molar-refractivity contribution < 1.29 is 0 Å². The van der Waals surface area contributed by atoms with Gasteiger partial charge in [-0.05, 0) is 139 Å². The summed E-state index contributed by atoms with van der Waals surface area (Å²) in [5.41, 5.74) is 20.0. The predicted octanol–water partition coefficient (Wildman–Crippen LogP) is 13.8. The number of para-hydroxylation sites is 1. The third-order valence-electron chi connectivity index (χ3n) is 17.9. The number of nitrogens with zero attached hydrogens (tertiary/aromatic N) is 3. The lowest BCUT2D eigenvalue weighted by Gasteiger charge is -2.53. The monoisotopic (exact) mass is 827 g/mol. The van der Waals surface area contributed by atoms with Gasteiger partial charge in [0, 0.05) is 70.8 Å². The van der Waals surface area contributed by atoms with E-state index in [1.807, 2.05) is 11.3 Å². The number of hydrogen-bond acceptors (Lipinski definition) is 4. The van der Waals surface area contributed by atoms with Crippen molar-refractivity contribution in [3.05, 3.63) is 131 Å². The molecule has 4 aliphatic heterocycles. The largest absolute Gasteiger partial charge is 0.335 e. The van der Waals surface area contributed by atoms with E-state index in [1.54, 1.807) is 11.1 Å². The van der Waals surface area contributed by atoms with Gasteiger partial charge >= 0.3 is 0 Å². The van der Waals surface area contributed by atoms with Crippen LogP contribution in [0.15, 0.2) is 109 Å². The van der Waals surface area contributed by atoms with E-state index in [9.17, 15) is 0 Å². The fraction of sp³-hybridized carbons (Fsp3) is 0.368. The van der Waals surface area contributed by atoms with Crippen LogP contribution in [0.1, 0.15) is 122 Å². The molecule has 0 saturated heterocycles. The molecule has 62 heavy (non-hydrogen) atoms. The van der Waals surface area contributed by atoms with Gasteiger partial charge in [0.1, 0.15) is 0 Å². The molecule has 0 N–H and O–H groups in total. The first-order valence-corrected chi connectivity index (χ1v) is 24.5. The zero-order valence-electron chi connectivity index (χ0n) is 37.9. The SMILES string of the molecule is Cc1cc2c3c(c1)N1c4c(cccc4C4(C)CCCCC14C)B3c1ccc(N3c4ccc(C(C)(C)C)cc4C4(C)CCCCC34C)cc1N2c1ccc2c(c1)sc1ccccc12. The minimum absolute atomic E-state index is 0.0132. The molecule has 3 nitrogen and oxygen atoms in total. The van der Waals surface area contributed by atoms with Gasteiger partial charge in [-0.3, -0.25) is 0 Å². The Hall–Kier alpha value is -5.00. The maximum Gasteiger partial charge on any atom is 0.252 e. The second-order valence-corrected chi connectivity index (χ2v) is 23.1. The summed E-state index contributed by atoms with van der Waals surface area (Å²) >= 11 is 1.92. The molecule has 0 spiro atoms. The molecule has 310 valence electrons. The van der Waals surface area contributed by atoms with Gasteiger partial charge in [-0.15, -0.1) is 11.3 Å². The van der Waals surface area contributed by atoms with Crippen LogP contribution in [0.25, 0.3) is 20.2 Å². The first kappa shape index (κ1) is 37.5. The number of benzene rings is 6. The van der Waals surface area contributed by atoms with Gasteiger partial charge in [-0.2, -0.15) is 0 Å². The average molecular weight is 828 g/mol. The molecule has 5 heteroatoms. The van der Waals surface area contributed by atoms with Crippen molar-refractivity contribution in [1.82, 2.24) is 0 Å². The first-order valence-electron chi connectivity index (χ1n) is 23.6. The van der Waals surface area contributed by atoms with Crippen LogP contribution >= 0.6 is 11.3 Å². The van der Waals surface area contributed by atoms with Gasteiger partial charge in [0.05, 0.1) is 11.1 Å². The Labute approximate surface area is 372 Å². The molecule has 5 heterocycles. The Kier molecular flexibility index (Phi) is 7.37. The summed E-state index contributed by atoms with van der Waals surface area (Å²) in [6.45, 7) is 19.9. The Morgan fingerprint density at radius 2 is 1.24 bits per heavy atom. The lowest BCUT2D eigenvalue weighted by atomic mass is 9.33. The highest BCUT2D eigenvalue weighted by Gasteiger charge is 2.62. The molecule has 13 rings (SSSR count). The van der Waals surface area contributed by atoms with Crippen molar-refractivity contribution in [1.29, 1.82) is 0 Å². The van der Waals surface area contributed by atoms with Crippen LogP contribution < -0.4 is 31.1 Å². The Morgan fingerprint density at radius 3 is 2.03 bits per heavy atom. The van der Waals surface area contributed by atoms with Crippen molar-refractivity contribution in [2.24, 2.45) is 0 Å². The smallest absolute Gasteiger partial charge is 0.252 e. The number of fused-ring (bicyclic) bond motifs is 13. The highest BCUT2D eigenvalue weighted by Crippen LogP contribution is 2.64. The summed E-state index contributed by atoms with van der Waals surface area (Å²) in [6.07, 6.45) is 9.99. The summed E-state index contributed by atoms with van der Waals surface area (Å²) in [4.78, 5) is 8.35. The quantitative estimate of drug-likeness (QED) is 0.161. The highest BCUT2D eigenvalue weighted by atomic mass is 32.1. The topological polar surface area (TPSA) is 9.72 Å². The number of rotatable bonds is 2. The summed E-state index contributed by atoms with van der Waals surface area (Å²) in [5, 5.41) is 2.70. The molecular formula is C57H58BN3S. The van der Waals surface area contributed by atoms with E-state index in [2.05, 4.69) is 179 Å². The molecule has 0 radical (unpaired) electrons. The molecule has 2 aliphatic carbocycles. The second kappa shape index (κ2) is 12.2. The molecule has 0 bridgehead atoms. The lowest BCUT2D eigenvalue weighted by molar-refractivity contribution is 0.195. The zero-order valence-corrected chi connectivity index (χ0v) is 38.7. The maximum absolute atomic E-state index is 2.86. The van der Waals surface area contributed by atoms with E-state index in [4.69, 9.17) is 0 Å². The molecule has 2 fully saturated rings. The van der Waals surface area contributed by atoms with E-state index < -0.39 is 0 Å². The van der Waals surface area contributed by atoms with E-state index in [0.29, 0.717) is 0 Å². The Bertz CT molecular complexity index is 3100. The fourth-order valence-corrected chi connectivity index (χ4v) is 15.4. The highest BCUT2D eigenvalue weighted by molar-refractivity contribution is 7.25. The molecule has 6 aliphatic rings. The van der Waals surface area contributed by atoms with Gasteiger partial charge in [-0.1, -0.05) is 121 Å². The van der Waals surface area contributed by atoms with E-state index in [-0.39, 0.29) is 34.0 Å². The molecule has 6 aromatic carbocycles. The minimum Gasteiger partial charge on any atom is -0.335 e. The van der Waals surface area contributed by atoms with Crippen molar-refractivity contribution in [3.63, 3.8) is 0 Å². The fourth-order valence-electron chi connectivity index (χ4n) is 14.3. The first-order chi connectivity index (χ1) is 29.7. The predicted molar refractivity (Wildman–Crippen MR) is 268 cm³/mol. The Balaban J connectivity index is 1.09. The molecule has 4 atom stereocenters. The summed E-state index contributed by atoms with van der Waals surface area (Å²) in [5.74, 6) is 0. The van der Waals surface area contributed by atoms with Gasteiger partial charge in [0.2, 0.25) is 0 Å². The third kappa shape index (κ3) is 4.49. The number of thiophene rings is 1. The molecular weight excluding hydrogens is 770 g/mol. The van der Waals surface area contributed by atoms with E-state index in [0.717, 1.165) is 0 Å². The van der Waals surface area contributed by atoms with Gasteiger partial charge in [-0.25, -0.2) is 0 Å². The average Bonchev–Trinajstić information content (AvgIpc) is 3.80. The molecule has 4 unspecified atom stereocenters. The standard InChI is InChI=1S/C57H58BN3S/c1-35-30-47-51-48(31-35)61-52-41(54(5)26-11-14-29-57(54,61)8)17-15-18-44(52)58(51)43-24-22-38(33-46(43)59(47)37-21-23-40-39-16-9-10-19-49(39)62-50(40)34-37)60-45-25-20-36(53(2,3)4)32-42(45)55(6)27-12-13-28-56(55,60)7/h9-10,15-25,30-34H,11-14,26-29H2,1-8H3. The van der Waals surface area contributed by atoms with Crippen LogP contribution in [0.5, 0.6) is 0 Å². The molecule has 1 aromatic heterocycles. The van der Waals surface area contributed by atoms with Crippen LogP contribution in [-0.2, 0) is 16.2 Å².